The van der Waals surface area contributed by atoms with Crippen LogP contribution in [0.1, 0.15) is 6.42 Å². The monoisotopic (exact) mass is 378 g/mol. The van der Waals surface area contributed by atoms with E-state index in [0.717, 1.165) is 6.26 Å². The summed E-state index contributed by atoms with van der Waals surface area (Å²) in [5.74, 6) is 0.629. The lowest BCUT2D eigenvalue weighted by molar-refractivity contribution is -0.116. The molecular weight excluding hydrogens is 356 g/mol. The molecule has 0 heterocycles. The fourth-order valence-corrected chi connectivity index (χ4v) is 3.33. The minimum Gasteiger partial charge on any atom is -0.493 e. The molecule has 0 aliphatic heterocycles. The van der Waals surface area contributed by atoms with Crippen LogP contribution in [0.25, 0.3) is 0 Å². The fraction of sp³-hybridized carbons (Fsp3) is 0.278. The Labute approximate surface area is 153 Å². The highest BCUT2D eigenvalue weighted by Crippen LogP contribution is 2.32. The zero-order chi connectivity index (χ0) is 19.2. The number of nitrogens with zero attached hydrogens (tertiary/aromatic N) is 1. The Balaban J connectivity index is 2.15. The van der Waals surface area contributed by atoms with E-state index in [-0.39, 0.29) is 18.9 Å². The number of anilines is 2. The van der Waals surface area contributed by atoms with Crippen molar-refractivity contribution in [2.75, 3.05) is 36.6 Å². The molecule has 0 saturated heterocycles. The molecule has 1 amide bonds. The quantitative estimate of drug-likeness (QED) is 0.763. The molecule has 0 radical (unpaired) electrons. The lowest BCUT2D eigenvalue weighted by Crippen LogP contribution is -2.33. The molecule has 2 rings (SSSR count). The smallest absolute Gasteiger partial charge is 0.232 e. The molecule has 0 aliphatic carbocycles. The third kappa shape index (κ3) is 5.13. The number of benzene rings is 2. The van der Waals surface area contributed by atoms with Crippen molar-refractivity contribution in [1.82, 2.24) is 0 Å². The van der Waals surface area contributed by atoms with Gasteiger partial charge in [0.05, 0.1) is 26.2 Å². The Hall–Kier alpha value is -2.74. The maximum absolute atomic E-state index is 12.2. The van der Waals surface area contributed by atoms with Gasteiger partial charge in [0.25, 0.3) is 0 Å². The normalized spacial score (nSPS) is 10.9. The molecule has 0 bridgehead atoms. The Bertz CT molecular complexity index is 853. The molecule has 8 heteroatoms. The van der Waals surface area contributed by atoms with Crippen molar-refractivity contribution in [3.05, 3.63) is 48.5 Å². The molecule has 0 fully saturated rings. The average Bonchev–Trinajstić information content (AvgIpc) is 2.61. The van der Waals surface area contributed by atoms with Crippen LogP contribution in [0.15, 0.2) is 48.5 Å². The maximum Gasteiger partial charge on any atom is 0.232 e. The number of amides is 1. The van der Waals surface area contributed by atoms with Crippen LogP contribution in [0.2, 0.25) is 0 Å². The van der Waals surface area contributed by atoms with Crippen molar-refractivity contribution in [2.45, 2.75) is 6.42 Å². The lowest BCUT2D eigenvalue weighted by atomic mass is 10.2. The number of para-hydroxylation sites is 1. The van der Waals surface area contributed by atoms with Gasteiger partial charge >= 0.3 is 0 Å². The predicted molar refractivity (Wildman–Crippen MR) is 101 cm³/mol. The van der Waals surface area contributed by atoms with Crippen LogP contribution in [0.4, 0.5) is 11.4 Å². The van der Waals surface area contributed by atoms with E-state index >= 15 is 0 Å². The topological polar surface area (TPSA) is 84.9 Å². The van der Waals surface area contributed by atoms with Crippen LogP contribution in [-0.4, -0.2) is 41.3 Å². The van der Waals surface area contributed by atoms with Gasteiger partial charge in [-0.2, -0.15) is 0 Å². The molecule has 0 aliphatic rings. The summed E-state index contributed by atoms with van der Waals surface area (Å²) in [6.07, 6.45) is 1.11. The predicted octanol–water partition coefficient (Wildman–Crippen LogP) is 2.50. The molecule has 0 unspecified atom stereocenters. The summed E-state index contributed by atoms with van der Waals surface area (Å²) in [4.78, 5) is 12.1. The van der Waals surface area contributed by atoms with E-state index in [1.54, 1.807) is 30.3 Å². The second kappa shape index (κ2) is 8.57. The van der Waals surface area contributed by atoms with Gasteiger partial charge in [-0.3, -0.25) is 9.10 Å². The summed E-state index contributed by atoms with van der Waals surface area (Å²) >= 11 is 0. The Kier molecular flexibility index (Phi) is 6.46. The summed E-state index contributed by atoms with van der Waals surface area (Å²) in [5, 5.41) is 2.74. The van der Waals surface area contributed by atoms with Gasteiger partial charge in [0, 0.05) is 24.7 Å². The first-order valence-corrected chi connectivity index (χ1v) is 9.74. The molecule has 2 aromatic rings. The highest BCUT2D eigenvalue weighted by molar-refractivity contribution is 7.92. The number of carbonyl (C=O) groups excluding carboxylic acids is 1. The summed E-state index contributed by atoms with van der Waals surface area (Å²) in [5.41, 5.74) is 1.06. The Morgan fingerprint density at radius 3 is 2.27 bits per heavy atom. The molecule has 1 N–H and O–H groups in total. The molecule has 0 spiro atoms. The molecule has 0 atom stereocenters. The molecule has 0 aromatic heterocycles. The summed E-state index contributed by atoms with van der Waals surface area (Å²) in [6, 6.07) is 13.8. The largest absolute Gasteiger partial charge is 0.493 e. The van der Waals surface area contributed by atoms with Gasteiger partial charge in [0.15, 0.2) is 11.5 Å². The first kappa shape index (κ1) is 19.6. The first-order chi connectivity index (χ1) is 12.3. The van der Waals surface area contributed by atoms with Gasteiger partial charge in [0.2, 0.25) is 15.9 Å². The van der Waals surface area contributed by atoms with Crippen molar-refractivity contribution >= 4 is 27.3 Å². The van der Waals surface area contributed by atoms with Gasteiger partial charge in [-0.1, -0.05) is 18.2 Å². The number of nitrogens with one attached hydrogen (secondary N) is 1. The number of hydrogen-bond donors (Lipinski definition) is 1. The van der Waals surface area contributed by atoms with E-state index in [9.17, 15) is 13.2 Å². The van der Waals surface area contributed by atoms with Crippen LogP contribution in [0.3, 0.4) is 0 Å². The molecule has 140 valence electrons. The van der Waals surface area contributed by atoms with E-state index in [0.29, 0.717) is 22.9 Å². The van der Waals surface area contributed by atoms with Crippen LogP contribution in [0, 0.1) is 0 Å². The van der Waals surface area contributed by atoms with Crippen molar-refractivity contribution < 1.29 is 22.7 Å². The highest BCUT2D eigenvalue weighted by atomic mass is 32.2. The van der Waals surface area contributed by atoms with Crippen molar-refractivity contribution in [1.29, 1.82) is 0 Å². The Morgan fingerprint density at radius 2 is 1.69 bits per heavy atom. The van der Waals surface area contributed by atoms with Crippen molar-refractivity contribution in [3.8, 4) is 11.5 Å². The summed E-state index contributed by atoms with van der Waals surface area (Å²) in [6.45, 7) is 0.00693. The molecule has 26 heavy (non-hydrogen) atoms. The number of carbonyl (C=O) groups is 1. The van der Waals surface area contributed by atoms with Crippen molar-refractivity contribution in [2.24, 2.45) is 0 Å². The summed E-state index contributed by atoms with van der Waals surface area (Å²) < 4.78 is 35.9. The average molecular weight is 378 g/mol. The fourth-order valence-electron chi connectivity index (χ4n) is 2.41. The van der Waals surface area contributed by atoms with E-state index in [1.165, 1.54) is 18.5 Å². The van der Waals surface area contributed by atoms with Gasteiger partial charge in [-0.25, -0.2) is 8.42 Å². The van der Waals surface area contributed by atoms with Gasteiger partial charge in [0.1, 0.15) is 0 Å². The van der Waals surface area contributed by atoms with E-state index in [4.69, 9.17) is 9.47 Å². The summed E-state index contributed by atoms with van der Waals surface area (Å²) in [7, 11) is -0.602. The second-order valence-electron chi connectivity index (χ2n) is 5.54. The van der Waals surface area contributed by atoms with Gasteiger partial charge in [-0.15, -0.1) is 0 Å². The van der Waals surface area contributed by atoms with Crippen LogP contribution in [-0.2, 0) is 14.8 Å². The van der Waals surface area contributed by atoms with Gasteiger partial charge in [-0.05, 0) is 24.3 Å². The number of methoxy groups -OCH3 is 2. The minimum atomic E-state index is -3.57. The lowest BCUT2D eigenvalue weighted by Gasteiger charge is -2.23. The van der Waals surface area contributed by atoms with E-state index in [1.807, 2.05) is 18.2 Å². The standard InChI is InChI=1S/C18H22N2O5S/c1-24-16-10-9-15(13-17(16)25-2)20(26(3,22)23)12-11-18(21)19-14-7-5-4-6-8-14/h4-10,13H,11-12H2,1-3H3,(H,19,21). The Morgan fingerprint density at radius 1 is 1.04 bits per heavy atom. The van der Waals surface area contributed by atoms with Gasteiger partial charge < -0.3 is 14.8 Å². The zero-order valence-corrected chi connectivity index (χ0v) is 15.7. The number of sulfonamides is 1. The molecule has 7 nitrogen and oxygen atoms in total. The van der Waals surface area contributed by atoms with E-state index in [2.05, 4.69) is 5.32 Å². The SMILES string of the molecule is COc1ccc(N(CCC(=O)Nc2ccccc2)S(C)(=O)=O)cc1OC. The third-order valence-electron chi connectivity index (χ3n) is 3.65. The molecule has 2 aromatic carbocycles. The number of ether oxygens (including phenoxy) is 2. The van der Waals surface area contributed by atoms with Crippen LogP contribution >= 0.6 is 0 Å². The number of hydrogen-bond acceptors (Lipinski definition) is 5. The first-order valence-electron chi connectivity index (χ1n) is 7.90. The molecular formula is C18H22N2O5S. The zero-order valence-electron chi connectivity index (χ0n) is 14.9. The third-order valence-corrected chi connectivity index (χ3v) is 4.85. The van der Waals surface area contributed by atoms with Crippen LogP contribution < -0.4 is 19.1 Å². The maximum atomic E-state index is 12.2. The second-order valence-corrected chi connectivity index (χ2v) is 7.45. The molecule has 0 saturated carbocycles. The minimum absolute atomic E-state index is 0.00693. The van der Waals surface area contributed by atoms with Crippen molar-refractivity contribution in [3.63, 3.8) is 0 Å². The number of rotatable bonds is 8. The highest BCUT2D eigenvalue weighted by Gasteiger charge is 2.20. The van der Waals surface area contributed by atoms with E-state index < -0.39 is 10.0 Å². The van der Waals surface area contributed by atoms with Crippen LogP contribution in [0.5, 0.6) is 11.5 Å².